The van der Waals surface area contributed by atoms with E-state index in [-0.39, 0.29) is 47.3 Å². The van der Waals surface area contributed by atoms with Crippen LogP contribution in [0.25, 0.3) is 0 Å². The molecule has 1 unspecified atom stereocenters. The number of piperidine rings is 1. The maximum Gasteiger partial charge on any atom is 0.410 e. The Bertz CT molecular complexity index is 715. The Labute approximate surface area is 160 Å². The largest absolute Gasteiger partial charge is 0.444 e. The van der Waals surface area contributed by atoms with Gasteiger partial charge in [0, 0.05) is 19.0 Å². The predicted octanol–water partition coefficient (Wildman–Crippen LogP) is 3.97. The minimum Gasteiger partial charge on any atom is -0.444 e. The number of nitrogens with zero attached hydrogens (tertiary/aromatic N) is 2. The molecule has 0 bridgehead atoms. The molecule has 1 aromatic rings. The lowest BCUT2D eigenvalue weighted by atomic mass is 9.87. The van der Waals surface area contributed by atoms with E-state index in [4.69, 9.17) is 10.5 Å². The Kier molecular flexibility index (Phi) is 6.44. The Morgan fingerprint density at radius 3 is 2.63 bits per heavy atom. The van der Waals surface area contributed by atoms with Crippen molar-refractivity contribution in [3.8, 4) is 0 Å². The number of pyridine rings is 1. The van der Waals surface area contributed by atoms with Crippen molar-refractivity contribution in [2.75, 3.05) is 12.3 Å². The van der Waals surface area contributed by atoms with E-state index in [2.05, 4.69) is 4.98 Å². The quantitative estimate of drug-likeness (QED) is 0.800. The number of halogens is 1. The molecule has 150 valence electrons. The van der Waals surface area contributed by atoms with Crippen molar-refractivity contribution in [1.29, 1.82) is 0 Å². The topological polar surface area (TPSA) is 85.5 Å². The summed E-state index contributed by atoms with van der Waals surface area (Å²) in [7, 11) is 0. The van der Waals surface area contributed by atoms with Crippen LogP contribution < -0.4 is 5.73 Å². The molecule has 0 radical (unpaired) electrons. The van der Waals surface area contributed by atoms with Gasteiger partial charge in [-0.25, -0.2) is 14.2 Å². The van der Waals surface area contributed by atoms with Crippen molar-refractivity contribution < 1.29 is 18.7 Å². The van der Waals surface area contributed by atoms with E-state index in [1.165, 1.54) is 6.07 Å². The summed E-state index contributed by atoms with van der Waals surface area (Å²) in [6, 6.07) is 1.29. The van der Waals surface area contributed by atoms with Crippen molar-refractivity contribution >= 4 is 17.7 Å². The highest BCUT2D eigenvalue weighted by Gasteiger charge is 2.32. The number of rotatable bonds is 4. The van der Waals surface area contributed by atoms with Crippen molar-refractivity contribution in [2.24, 2.45) is 5.92 Å². The third-order valence-corrected chi connectivity index (χ3v) is 4.76. The molecule has 1 aromatic heterocycles. The Morgan fingerprint density at radius 1 is 1.41 bits per heavy atom. The van der Waals surface area contributed by atoms with Crippen LogP contribution in [0.15, 0.2) is 6.07 Å². The fraction of sp³-hybridized carbons (Fsp3) is 0.650. The fourth-order valence-electron chi connectivity index (χ4n) is 3.45. The average molecular weight is 379 g/mol. The highest BCUT2D eigenvalue weighted by atomic mass is 19.1. The van der Waals surface area contributed by atoms with Crippen LogP contribution in [0.3, 0.4) is 0 Å². The second-order valence-electron chi connectivity index (χ2n) is 8.25. The number of carbonyl (C=O) groups is 2. The van der Waals surface area contributed by atoms with Gasteiger partial charge in [0.25, 0.3) is 0 Å². The summed E-state index contributed by atoms with van der Waals surface area (Å²) in [5.74, 6) is -0.538. The fourth-order valence-corrected chi connectivity index (χ4v) is 3.45. The second kappa shape index (κ2) is 8.23. The number of ether oxygens (including phenoxy) is 1. The molecule has 1 aliphatic rings. The summed E-state index contributed by atoms with van der Waals surface area (Å²) >= 11 is 0. The number of hydrogen-bond donors (Lipinski definition) is 1. The smallest absolute Gasteiger partial charge is 0.410 e. The maximum absolute atomic E-state index is 14.7. The molecule has 1 saturated heterocycles. The maximum atomic E-state index is 14.7. The summed E-state index contributed by atoms with van der Waals surface area (Å²) in [6.45, 7) is 9.71. The molecule has 0 spiro atoms. The first-order valence-electron chi connectivity index (χ1n) is 9.49. The zero-order chi connectivity index (χ0) is 20.4. The number of hydrogen-bond acceptors (Lipinski definition) is 5. The third-order valence-electron chi connectivity index (χ3n) is 4.76. The Morgan fingerprint density at radius 2 is 2.07 bits per heavy atom. The molecule has 27 heavy (non-hydrogen) atoms. The molecule has 2 rings (SSSR count). The number of amides is 1. The third kappa shape index (κ3) is 5.40. The number of anilines is 1. The molecule has 2 heterocycles. The molecule has 2 atom stereocenters. The molecule has 0 saturated carbocycles. The summed E-state index contributed by atoms with van der Waals surface area (Å²) in [6.07, 6.45) is 1.72. The summed E-state index contributed by atoms with van der Waals surface area (Å²) < 4.78 is 20.2. The standard InChI is InChI=1S/C20H30FN3O3/c1-6-16(25)14-11-17(22)23-15(18(14)21)10-13-7-8-24(12(2)9-13)19(26)27-20(3,4)5/h11-13H,6-10H2,1-5H3,(H2,22,23)/t12-,13?/m1/s1. The average Bonchev–Trinajstić information content (AvgIpc) is 2.55. The Balaban J connectivity index is 2.08. The summed E-state index contributed by atoms with van der Waals surface area (Å²) in [5, 5.41) is 0. The molecule has 0 aliphatic carbocycles. The summed E-state index contributed by atoms with van der Waals surface area (Å²) in [5.41, 5.74) is 5.48. The van der Waals surface area contributed by atoms with E-state index in [1.807, 2.05) is 27.7 Å². The zero-order valence-corrected chi connectivity index (χ0v) is 16.8. The van der Waals surface area contributed by atoms with Crippen molar-refractivity contribution in [1.82, 2.24) is 9.88 Å². The van der Waals surface area contributed by atoms with Crippen LogP contribution in [0.1, 0.15) is 69.9 Å². The van der Waals surface area contributed by atoms with Crippen molar-refractivity contribution in [3.63, 3.8) is 0 Å². The summed E-state index contributed by atoms with van der Waals surface area (Å²) in [4.78, 5) is 30.1. The van der Waals surface area contributed by atoms with Crippen LogP contribution in [0.4, 0.5) is 15.0 Å². The minimum atomic E-state index is -0.571. The SMILES string of the molecule is CCC(=O)c1cc(N)nc(CC2CCN(C(=O)OC(C)(C)C)[C@H](C)C2)c1F. The van der Waals surface area contributed by atoms with Crippen LogP contribution in [-0.4, -0.2) is 39.9 Å². The van der Waals surface area contributed by atoms with Crippen molar-refractivity contribution in [3.05, 3.63) is 23.1 Å². The van der Waals surface area contributed by atoms with E-state index >= 15 is 0 Å². The van der Waals surface area contributed by atoms with Crippen LogP contribution in [0.2, 0.25) is 0 Å². The van der Waals surface area contributed by atoms with E-state index in [0.717, 1.165) is 6.42 Å². The van der Waals surface area contributed by atoms with Crippen LogP contribution >= 0.6 is 0 Å². The molecule has 1 fully saturated rings. The van der Waals surface area contributed by atoms with Gasteiger partial charge in [-0.3, -0.25) is 4.79 Å². The minimum absolute atomic E-state index is 0.0132. The van der Waals surface area contributed by atoms with Gasteiger partial charge in [-0.2, -0.15) is 0 Å². The molecule has 1 aliphatic heterocycles. The first-order chi connectivity index (χ1) is 12.5. The molecule has 2 N–H and O–H groups in total. The number of Topliss-reactive ketones (excluding diaryl/α,β-unsaturated/α-hetero) is 1. The number of carbonyl (C=O) groups excluding carboxylic acids is 2. The zero-order valence-electron chi connectivity index (χ0n) is 16.8. The van der Waals surface area contributed by atoms with E-state index < -0.39 is 11.4 Å². The second-order valence-corrected chi connectivity index (χ2v) is 8.25. The van der Waals surface area contributed by atoms with E-state index in [0.29, 0.717) is 19.4 Å². The number of ketones is 1. The predicted molar refractivity (Wildman–Crippen MR) is 102 cm³/mol. The number of aromatic nitrogens is 1. The normalized spacial score (nSPS) is 20.4. The molecule has 7 heteroatoms. The van der Waals surface area contributed by atoms with Crippen LogP contribution in [0.5, 0.6) is 0 Å². The number of nitrogen functional groups attached to an aromatic ring is 1. The van der Waals surface area contributed by atoms with E-state index in [9.17, 15) is 14.0 Å². The molecular formula is C20H30FN3O3. The lowest BCUT2D eigenvalue weighted by Crippen LogP contribution is -2.47. The first-order valence-corrected chi connectivity index (χ1v) is 9.49. The van der Waals surface area contributed by atoms with Gasteiger partial charge in [-0.15, -0.1) is 0 Å². The lowest BCUT2D eigenvalue weighted by Gasteiger charge is -2.38. The van der Waals surface area contributed by atoms with Gasteiger partial charge in [0.2, 0.25) is 0 Å². The first kappa shape index (κ1) is 21.1. The van der Waals surface area contributed by atoms with E-state index in [1.54, 1.807) is 11.8 Å². The molecule has 0 aromatic carbocycles. The highest BCUT2D eigenvalue weighted by Crippen LogP contribution is 2.29. The van der Waals surface area contributed by atoms with Gasteiger partial charge in [0.15, 0.2) is 11.6 Å². The van der Waals surface area contributed by atoms with Gasteiger partial charge in [0.1, 0.15) is 11.4 Å². The van der Waals surface area contributed by atoms with Crippen LogP contribution in [0, 0.1) is 11.7 Å². The van der Waals surface area contributed by atoms with Gasteiger partial charge in [-0.1, -0.05) is 6.92 Å². The molecule has 1 amide bonds. The molecular weight excluding hydrogens is 349 g/mol. The highest BCUT2D eigenvalue weighted by molar-refractivity contribution is 5.96. The van der Waals surface area contributed by atoms with Gasteiger partial charge < -0.3 is 15.4 Å². The molecule has 6 nitrogen and oxygen atoms in total. The van der Waals surface area contributed by atoms with Gasteiger partial charge in [0.05, 0.1) is 11.3 Å². The van der Waals surface area contributed by atoms with Crippen molar-refractivity contribution in [2.45, 2.75) is 71.9 Å². The van der Waals surface area contributed by atoms with Gasteiger partial charge >= 0.3 is 6.09 Å². The van der Waals surface area contributed by atoms with Gasteiger partial charge in [-0.05, 0) is 58.9 Å². The number of likely N-dealkylation sites (tertiary alicyclic amines) is 1. The monoisotopic (exact) mass is 379 g/mol. The number of nitrogens with two attached hydrogens (primary N) is 1. The van der Waals surface area contributed by atoms with Crippen LogP contribution in [-0.2, 0) is 11.2 Å². The lowest BCUT2D eigenvalue weighted by molar-refractivity contribution is 0.00709. The Hall–Kier alpha value is -2.18.